The number of fused-ring (bicyclic) bond motifs is 1. The van der Waals surface area contributed by atoms with Crippen LogP contribution >= 0.6 is 0 Å². The number of hydrogen-bond donors (Lipinski definition) is 3. The van der Waals surface area contributed by atoms with Gasteiger partial charge in [0.05, 0.1) is 11.1 Å². The van der Waals surface area contributed by atoms with E-state index in [0.717, 1.165) is 50.4 Å². The van der Waals surface area contributed by atoms with E-state index in [4.69, 9.17) is 0 Å². The number of aromatic amines is 1. The highest BCUT2D eigenvalue weighted by Crippen LogP contribution is 2.33. The number of carbonyl (C=O) groups is 2. The Labute approximate surface area is 188 Å². The Morgan fingerprint density at radius 3 is 2.78 bits per heavy atom. The molecule has 2 fully saturated rings. The molecule has 3 N–H and O–H groups in total. The normalized spacial score (nSPS) is 23.1. The fraction of sp³-hybridized carbons (Fsp3) is 0.500. The molecule has 7 nitrogen and oxygen atoms in total. The van der Waals surface area contributed by atoms with Crippen LogP contribution in [0, 0.1) is 13.8 Å². The zero-order chi connectivity index (χ0) is 22.8. The van der Waals surface area contributed by atoms with E-state index in [1.54, 1.807) is 12.2 Å². The maximum Gasteiger partial charge on any atom is 0.256 e. The third-order valence-electron chi connectivity index (χ3n) is 6.49. The van der Waals surface area contributed by atoms with Gasteiger partial charge in [-0.3, -0.25) is 9.59 Å². The zero-order valence-electron chi connectivity index (χ0n) is 19.1. The summed E-state index contributed by atoms with van der Waals surface area (Å²) < 4.78 is 13.8. The van der Waals surface area contributed by atoms with Crippen LogP contribution in [0.15, 0.2) is 29.0 Å². The van der Waals surface area contributed by atoms with E-state index in [2.05, 4.69) is 32.5 Å². The van der Waals surface area contributed by atoms with E-state index < -0.39 is 6.17 Å². The predicted octanol–water partition coefficient (Wildman–Crippen LogP) is 2.06. The summed E-state index contributed by atoms with van der Waals surface area (Å²) in [5.41, 5.74) is 4.50. The number of alkyl halides is 1. The van der Waals surface area contributed by atoms with Crippen molar-refractivity contribution in [2.75, 3.05) is 46.3 Å². The fourth-order valence-corrected chi connectivity index (χ4v) is 4.56. The SMILES string of the molecule is Cc1[nH]c(C=C2C(=O)NC3=CCC(F)C=C32)c(C)c1C(=O)NCCCN1CCN(C)CC1. The second kappa shape index (κ2) is 9.42. The summed E-state index contributed by atoms with van der Waals surface area (Å²) in [5, 5.41) is 5.82. The Morgan fingerprint density at radius 2 is 2.03 bits per heavy atom. The van der Waals surface area contributed by atoms with Crippen LogP contribution in [0.2, 0.25) is 0 Å². The van der Waals surface area contributed by atoms with Gasteiger partial charge < -0.3 is 25.4 Å². The quantitative estimate of drug-likeness (QED) is 0.466. The minimum absolute atomic E-state index is 0.114. The Balaban J connectivity index is 1.40. The van der Waals surface area contributed by atoms with Crippen molar-refractivity contribution in [3.05, 3.63) is 51.5 Å². The van der Waals surface area contributed by atoms with Crippen LogP contribution in [-0.4, -0.2) is 79.1 Å². The number of allylic oxidation sites excluding steroid dienone is 3. The van der Waals surface area contributed by atoms with Gasteiger partial charge in [0.25, 0.3) is 11.8 Å². The lowest BCUT2D eigenvalue weighted by Crippen LogP contribution is -2.45. The van der Waals surface area contributed by atoms with Gasteiger partial charge in [0, 0.05) is 61.8 Å². The molecule has 0 aromatic carbocycles. The maximum atomic E-state index is 13.8. The summed E-state index contributed by atoms with van der Waals surface area (Å²) in [4.78, 5) is 33.3. The van der Waals surface area contributed by atoms with Crippen LogP contribution in [0.5, 0.6) is 0 Å². The molecule has 3 heterocycles. The first-order chi connectivity index (χ1) is 15.3. The molecule has 1 aliphatic carbocycles. The highest BCUT2D eigenvalue weighted by atomic mass is 19.1. The highest BCUT2D eigenvalue weighted by Gasteiger charge is 2.31. The van der Waals surface area contributed by atoms with E-state index in [1.807, 2.05) is 13.8 Å². The molecule has 3 aliphatic rings. The first kappa shape index (κ1) is 22.5. The van der Waals surface area contributed by atoms with Gasteiger partial charge in [-0.15, -0.1) is 0 Å². The summed E-state index contributed by atoms with van der Waals surface area (Å²) in [7, 11) is 2.14. The summed E-state index contributed by atoms with van der Waals surface area (Å²) in [5.74, 6) is -0.366. The second-order valence-electron chi connectivity index (χ2n) is 8.88. The van der Waals surface area contributed by atoms with E-state index >= 15 is 0 Å². The average molecular weight is 442 g/mol. The number of hydrogen-bond acceptors (Lipinski definition) is 4. The standard InChI is InChI=1S/C24H32FN5O2/c1-15-21(14-19-18-13-17(25)5-6-20(18)28-23(19)31)27-16(2)22(15)24(32)26-7-4-8-30-11-9-29(3)10-12-30/h6,13-14,17,27H,4-5,7-12H2,1-3H3,(H,26,32)(H,28,31). The predicted molar refractivity (Wildman–Crippen MR) is 123 cm³/mol. The van der Waals surface area contributed by atoms with Gasteiger partial charge in [-0.05, 0) is 51.6 Å². The molecular weight excluding hydrogens is 409 g/mol. The largest absolute Gasteiger partial charge is 0.358 e. The van der Waals surface area contributed by atoms with Crippen molar-refractivity contribution in [2.24, 2.45) is 0 Å². The summed E-state index contributed by atoms with van der Waals surface area (Å²) >= 11 is 0. The van der Waals surface area contributed by atoms with Gasteiger partial charge in [-0.2, -0.15) is 0 Å². The van der Waals surface area contributed by atoms with Gasteiger partial charge in [0.1, 0.15) is 6.17 Å². The van der Waals surface area contributed by atoms with Crippen LogP contribution in [0.1, 0.15) is 40.2 Å². The Kier molecular flexibility index (Phi) is 6.62. The molecule has 0 saturated carbocycles. The van der Waals surface area contributed by atoms with Crippen molar-refractivity contribution in [3.8, 4) is 0 Å². The van der Waals surface area contributed by atoms with Crippen molar-refractivity contribution in [2.45, 2.75) is 32.9 Å². The minimum Gasteiger partial charge on any atom is -0.358 e. The van der Waals surface area contributed by atoms with Crippen molar-refractivity contribution in [1.29, 1.82) is 0 Å². The third-order valence-corrected chi connectivity index (χ3v) is 6.49. The summed E-state index contributed by atoms with van der Waals surface area (Å²) in [6, 6.07) is 0. The molecule has 4 rings (SSSR count). The number of nitrogens with zero attached hydrogens (tertiary/aromatic N) is 2. The van der Waals surface area contributed by atoms with Crippen LogP contribution < -0.4 is 10.6 Å². The van der Waals surface area contributed by atoms with E-state index in [9.17, 15) is 14.0 Å². The molecule has 2 saturated heterocycles. The van der Waals surface area contributed by atoms with Crippen molar-refractivity contribution in [3.63, 3.8) is 0 Å². The second-order valence-corrected chi connectivity index (χ2v) is 8.88. The van der Waals surface area contributed by atoms with E-state index in [-0.39, 0.29) is 18.2 Å². The molecule has 1 unspecified atom stereocenters. The minimum atomic E-state index is -1.09. The van der Waals surface area contributed by atoms with Crippen LogP contribution in [0.4, 0.5) is 4.39 Å². The molecule has 0 radical (unpaired) electrons. The number of rotatable bonds is 6. The number of aryl methyl sites for hydroxylation is 1. The van der Waals surface area contributed by atoms with Crippen molar-refractivity contribution >= 4 is 17.9 Å². The lowest BCUT2D eigenvalue weighted by atomic mass is 9.97. The number of piperazine rings is 1. The molecule has 172 valence electrons. The topological polar surface area (TPSA) is 80.5 Å². The Morgan fingerprint density at radius 1 is 1.28 bits per heavy atom. The maximum absolute atomic E-state index is 13.8. The lowest BCUT2D eigenvalue weighted by molar-refractivity contribution is -0.115. The summed E-state index contributed by atoms with van der Waals surface area (Å²) in [6.07, 6.45) is 5.00. The molecule has 2 aliphatic heterocycles. The summed E-state index contributed by atoms with van der Waals surface area (Å²) in [6.45, 7) is 9.64. The van der Waals surface area contributed by atoms with Crippen LogP contribution in [0.25, 0.3) is 6.08 Å². The van der Waals surface area contributed by atoms with Gasteiger partial charge in [-0.25, -0.2) is 4.39 Å². The molecule has 8 heteroatoms. The number of halogens is 1. The van der Waals surface area contributed by atoms with Gasteiger partial charge >= 0.3 is 0 Å². The fourth-order valence-electron chi connectivity index (χ4n) is 4.56. The number of aromatic nitrogens is 1. The van der Waals surface area contributed by atoms with E-state index in [1.165, 1.54) is 6.08 Å². The average Bonchev–Trinajstić information content (AvgIpc) is 3.21. The first-order valence-corrected chi connectivity index (χ1v) is 11.3. The molecule has 1 atom stereocenters. The lowest BCUT2D eigenvalue weighted by Gasteiger charge is -2.32. The van der Waals surface area contributed by atoms with Crippen molar-refractivity contribution in [1.82, 2.24) is 25.4 Å². The number of amides is 2. The molecular formula is C24H32FN5O2. The highest BCUT2D eigenvalue weighted by molar-refractivity contribution is 6.09. The smallest absolute Gasteiger partial charge is 0.256 e. The number of nitrogens with one attached hydrogen (secondary N) is 3. The number of H-pyrrole nitrogens is 1. The molecule has 0 spiro atoms. The Bertz CT molecular complexity index is 998. The van der Waals surface area contributed by atoms with Gasteiger partial charge in [0.2, 0.25) is 0 Å². The van der Waals surface area contributed by atoms with E-state index in [0.29, 0.717) is 34.6 Å². The monoisotopic (exact) mass is 441 g/mol. The number of carbonyl (C=O) groups excluding carboxylic acids is 2. The third kappa shape index (κ3) is 4.71. The molecule has 1 aromatic rings. The zero-order valence-corrected chi connectivity index (χ0v) is 19.1. The molecule has 0 bridgehead atoms. The number of likely N-dealkylation sites (N-methyl/N-ethyl adjacent to an activating group) is 1. The molecule has 1 aromatic heterocycles. The van der Waals surface area contributed by atoms with Gasteiger partial charge in [0.15, 0.2) is 0 Å². The van der Waals surface area contributed by atoms with Gasteiger partial charge in [-0.1, -0.05) is 6.08 Å². The molecule has 2 amide bonds. The molecule has 32 heavy (non-hydrogen) atoms. The van der Waals surface area contributed by atoms with Crippen molar-refractivity contribution < 1.29 is 14.0 Å². The first-order valence-electron chi connectivity index (χ1n) is 11.3. The van der Waals surface area contributed by atoms with Crippen LogP contribution in [-0.2, 0) is 4.79 Å². The van der Waals surface area contributed by atoms with Crippen LogP contribution in [0.3, 0.4) is 0 Å². The Hall–Kier alpha value is -2.71.